The van der Waals surface area contributed by atoms with E-state index in [1.165, 1.54) is 6.42 Å². The van der Waals surface area contributed by atoms with Crippen molar-refractivity contribution < 1.29 is 35.8 Å². The second kappa shape index (κ2) is 11.9. The summed E-state index contributed by atoms with van der Waals surface area (Å²) in [6, 6.07) is 0. The highest BCUT2D eigenvalue weighted by molar-refractivity contribution is 4.94. The van der Waals surface area contributed by atoms with Gasteiger partial charge in [-0.1, -0.05) is 13.3 Å². The van der Waals surface area contributed by atoms with Crippen LogP contribution in [-0.2, 0) is 9.47 Å². The molecule has 0 bridgehead atoms. The zero-order chi connectivity index (χ0) is 25.2. The maximum absolute atomic E-state index is 15.0. The molecule has 4 fully saturated rings. The fourth-order valence-corrected chi connectivity index (χ4v) is 7.23. The Morgan fingerprint density at radius 1 is 0.771 bits per heavy atom. The second-order valence-corrected chi connectivity index (χ2v) is 11.7. The van der Waals surface area contributed by atoms with Gasteiger partial charge in [0.2, 0.25) is 0 Å². The van der Waals surface area contributed by atoms with Gasteiger partial charge in [0, 0.05) is 13.0 Å². The van der Waals surface area contributed by atoms with Crippen LogP contribution >= 0.6 is 0 Å². The van der Waals surface area contributed by atoms with Crippen LogP contribution in [0.15, 0.2) is 0 Å². The standard InChI is InChI=1S/C27H42F6O2/c1-2-3-16-4-11-25(34-15-16)17-5-7-19(8-6-17)27(32,33)35-20-9-10-21(22(28)14-20)18-12-23(29)26(31)24(30)13-18/h16-26H,2-15H2,1H3. The number of hydrogen-bond donors (Lipinski definition) is 0. The average molecular weight is 513 g/mol. The van der Waals surface area contributed by atoms with Crippen molar-refractivity contribution in [2.45, 2.75) is 133 Å². The first-order chi connectivity index (χ1) is 16.7. The monoisotopic (exact) mass is 512 g/mol. The average Bonchev–Trinajstić information content (AvgIpc) is 2.83. The van der Waals surface area contributed by atoms with Crippen molar-refractivity contribution in [1.29, 1.82) is 0 Å². The zero-order valence-electron chi connectivity index (χ0n) is 20.8. The lowest BCUT2D eigenvalue weighted by molar-refractivity contribution is -0.305. The summed E-state index contributed by atoms with van der Waals surface area (Å²) in [5.41, 5.74) is 0. The van der Waals surface area contributed by atoms with E-state index in [-0.39, 0.29) is 38.2 Å². The quantitative estimate of drug-likeness (QED) is 0.323. The van der Waals surface area contributed by atoms with Gasteiger partial charge in [0.05, 0.1) is 18.1 Å². The third kappa shape index (κ3) is 6.69. The Labute approximate surface area is 205 Å². The number of rotatable bonds is 7. The highest BCUT2D eigenvalue weighted by Gasteiger charge is 2.49. The fraction of sp³-hybridized carbons (Fsp3) is 1.00. The molecule has 4 rings (SSSR count). The Balaban J connectivity index is 1.21. The van der Waals surface area contributed by atoms with Crippen LogP contribution in [0.4, 0.5) is 26.3 Å². The highest BCUT2D eigenvalue weighted by atomic mass is 19.3. The van der Waals surface area contributed by atoms with Gasteiger partial charge in [-0.3, -0.25) is 0 Å². The maximum Gasteiger partial charge on any atom is 0.358 e. The molecule has 204 valence electrons. The molecule has 0 spiro atoms. The van der Waals surface area contributed by atoms with E-state index < -0.39 is 54.7 Å². The molecule has 0 aromatic rings. The largest absolute Gasteiger partial charge is 0.378 e. The summed E-state index contributed by atoms with van der Waals surface area (Å²) in [6.45, 7) is 2.95. The topological polar surface area (TPSA) is 18.5 Å². The molecule has 4 aliphatic rings. The maximum atomic E-state index is 15.0. The second-order valence-electron chi connectivity index (χ2n) is 11.7. The Kier molecular flexibility index (Phi) is 9.37. The van der Waals surface area contributed by atoms with Crippen LogP contribution in [0.25, 0.3) is 0 Å². The van der Waals surface area contributed by atoms with Crippen molar-refractivity contribution in [2.24, 2.45) is 29.6 Å². The summed E-state index contributed by atoms with van der Waals surface area (Å²) in [5.74, 6) is -1.18. The minimum Gasteiger partial charge on any atom is -0.378 e. The molecular formula is C27H42F6O2. The van der Waals surface area contributed by atoms with Crippen LogP contribution in [0.2, 0.25) is 0 Å². The van der Waals surface area contributed by atoms with Crippen LogP contribution in [0.5, 0.6) is 0 Å². The lowest BCUT2D eigenvalue weighted by Gasteiger charge is -2.42. The summed E-state index contributed by atoms with van der Waals surface area (Å²) in [5, 5.41) is 0. The lowest BCUT2D eigenvalue weighted by atomic mass is 9.70. The van der Waals surface area contributed by atoms with Gasteiger partial charge in [0.25, 0.3) is 0 Å². The zero-order valence-corrected chi connectivity index (χ0v) is 20.8. The molecule has 2 nitrogen and oxygen atoms in total. The third-order valence-electron chi connectivity index (χ3n) is 9.33. The van der Waals surface area contributed by atoms with Crippen molar-refractivity contribution in [3.63, 3.8) is 0 Å². The van der Waals surface area contributed by atoms with Gasteiger partial charge in [-0.15, -0.1) is 0 Å². The molecule has 7 unspecified atom stereocenters. The normalized spacial score (nSPS) is 45.9. The highest BCUT2D eigenvalue weighted by Crippen LogP contribution is 2.46. The molecule has 1 saturated heterocycles. The van der Waals surface area contributed by atoms with E-state index in [1.807, 2.05) is 0 Å². The molecule has 0 aromatic carbocycles. The van der Waals surface area contributed by atoms with Gasteiger partial charge >= 0.3 is 6.11 Å². The van der Waals surface area contributed by atoms with Crippen LogP contribution in [0, 0.1) is 29.6 Å². The number of alkyl halides is 6. The van der Waals surface area contributed by atoms with Gasteiger partial charge in [-0.2, -0.15) is 8.78 Å². The summed E-state index contributed by atoms with van der Waals surface area (Å²) in [7, 11) is 0. The van der Waals surface area contributed by atoms with E-state index in [4.69, 9.17) is 9.47 Å². The molecule has 7 atom stereocenters. The van der Waals surface area contributed by atoms with E-state index in [2.05, 4.69) is 6.92 Å². The molecule has 1 heterocycles. The molecule has 0 N–H and O–H groups in total. The van der Waals surface area contributed by atoms with E-state index in [1.54, 1.807) is 0 Å². The summed E-state index contributed by atoms with van der Waals surface area (Å²) in [6.07, 6.45) is -5.09. The number of halogens is 6. The van der Waals surface area contributed by atoms with E-state index >= 15 is 8.78 Å². The van der Waals surface area contributed by atoms with Crippen LogP contribution < -0.4 is 0 Å². The molecule has 3 saturated carbocycles. The molecule has 0 amide bonds. The number of hydrogen-bond acceptors (Lipinski definition) is 2. The van der Waals surface area contributed by atoms with Gasteiger partial charge < -0.3 is 9.47 Å². The smallest absolute Gasteiger partial charge is 0.358 e. The Bertz CT molecular complexity index is 638. The fourth-order valence-electron chi connectivity index (χ4n) is 7.23. The first-order valence-electron chi connectivity index (χ1n) is 13.9. The van der Waals surface area contributed by atoms with Crippen LogP contribution in [-0.4, -0.2) is 49.6 Å². The minimum atomic E-state index is -3.32. The first-order valence-corrected chi connectivity index (χ1v) is 13.9. The Hall–Kier alpha value is -0.500. The predicted molar refractivity (Wildman–Crippen MR) is 122 cm³/mol. The Morgan fingerprint density at radius 2 is 1.46 bits per heavy atom. The summed E-state index contributed by atoms with van der Waals surface area (Å²) < 4.78 is 97.2. The molecule has 3 aliphatic carbocycles. The lowest BCUT2D eigenvalue weighted by Crippen LogP contribution is -2.45. The third-order valence-corrected chi connectivity index (χ3v) is 9.33. The predicted octanol–water partition coefficient (Wildman–Crippen LogP) is 7.93. The van der Waals surface area contributed by atoms with Crippen molar-refractivity contribution in [1.82, 2.24) is 0 Å². The summed E-state index contributed by atoms with van der Waals surface area (Å²) in [4.78, 5) is 0. The molecule has 1 aliphatic heterocycles. The van der Waals surface area contributed by atoms with E-state index in [0.717, 1.165) is 25.9 Å². The van der Waals surface area contributed by atoms with Crippen molar-refractivity contribution in [2.75, 3.05) is 6.61 Å². The van der Waals surface area contributed by atoms with Crippen LogP contribution in [0.1, 0.15) is 90.4 Å². The molecule has 8 heteroatoms. The van der Waals surface area contributed by atoms with Gasteiger partial charge in [0.1, 0.15) is 18.5 Å². The molecular weight excluding hydrogens is 470 g/mol. The Morgan fingerprint density at radius 3 is 2.03 bits per heavy atom. The van der Waals surface area contributed by atoms with E-state index in [0.29, 0.717) is 37.5 Å². The minimum absolute atomic E-state index is 0.168. The van der Waals surface area contributed by atoms with Crippen molar-refractivity contribution in [3.8, 4) is 0 Å². The molecule has 35 heavy (non-hydrogen) atoms. The van der Waals surface area contributed by atoms with Crippen LogP contribution in [0.3, 0.4) is 0 Å². The first kappa shape index (κ1) is 27.5. The molecule has 0 radical (unpaired) electrons. The van der Waals surface area contributed by atoms with Crippen molar-refractivity contribution in [3.05, 3.63) is 0 Å². The summed E-state index contributed by atoms with van der Waals surface area (Å²) >= 11 is 0. The van der Waals surface area contributed by atoms with Gasteiger partial charge in [-0.05, 0) is 94.3 Å². The van der Waals surface area contributed by atoms with E-state index in [9.17, 15) is 17.6 Å². The number of ether oxygens (including phenoxy) is 2. The molecule has 0 aromatic heterocycles. The van der Waals surface area contributed by atoms with Crippen molar-refractivity contribution >= 4 is 0 Å². The SMILES string of the molecule is CCCC1CCC(C2CCC(C(F)(F)OC3CCC(C4CC(F)C(F)C(F)C4)C(F)C3)CC2)OC1. The van der Waals surface area contributed by atoms with Gasteiger partial charge in [0.15, 0.2) is 6.17 Å². The van der Waals surface area contributed by atoms with Gasteiger partial charge in [-0.25, -0.2) is 17.6 Å².